The molecule has 9 nitrogen and oxygen atoms in total. The first kappa shape index (κ1) is 26.0. The highest BCUT2D eigenvalue weighted by molar-refractivity contribution is 7.23. The van der Waals surface area contributed by atoms with Crippen LogP contribution in [0.25, 0.3) is 32.1 Å². The predicted octanol–water partition coefficient (Wildman–Crippen LogP) is 4.72. The van der Waals surface area contributed by atoms with Crippen molar-refractivity contribution in [2.75, 3.05) is 44.0 Å². The second kappa shape index (κ2) is 9.70. The lowest BCUT2D eigenvalue weighted by molar-refractivity contribution is 0.0645. The molecule has 7 heterocycles. The smallest absolute Gasteiger partial charge is 0.319 e. The number of likely N-dealkylation sites (N-methyl/N-ethyl adjacent to an activating group) is 1. The molecule has 4 fully saturated rings. The number of nitrogens with two attached hydrogens (primary N) is 1. The number of rotatable bonds is 5. The number of nitrogens with zero attached hydrogens (tertiary/aromatic N) is 5. The van der Waals surface area contributed by atoms with Crippen molar-refractivity contribution < 1.29 is 23.0 Å². The lowest BCUT2D eigenvalue weighted by atomic mass is 9.86. The summed E-state index contributed by atoms with van der Waals surface area (Å²) in [5, 5.41) is 11.0. The van der Waals surface area contributed by atoms with Crippen molar-refractivity contribution in [1.82, 2.24) is 14.9 Å². The topological polar surface area (TPSA) is 110 Å². The van der Waals surface area contributed by atoms with Gasteiger partial charge in [-0.05, 0) is 49.6 Å². The Kier molecular flexibility index (Phi) is 6.01. The van der Waals surface area contributed by atoms with Gasteiger partial charge in [-0.1, -0.05) is 0 Å². The SMILES string of the molecule is CN1CC2CC(C1)N2c1nc(OC[C@H]2CCCO2)nc2c(F)c(-c3c(F)ccc4sc(N)c(C#N)c34)c3c(c12)COC3. The average molecular weight is 591 g/mol. The summed E-state index contributed by atoms with van der Waals surface area (Å²) in [5.74, 6) is -0.712. The molecule has 3 atom stereocenters. The molecule has 42 heavy (non-hydrogen) atoms. The number of piperidine rings is 1. The van der Waals surface area contributed by atoms with E-state index in [1.165, 1.54) is 17.4 Å². The van der Waals surface area contributed by atoms with Crippen LogP contribution in [0, 0.1) is 23.0 Å². The van der Waals surface area contributed by atoms with E-state index in [1.807, 2.05) is 0 Å². The summed E-state index contributed by atoms with van der Waals surface area (Å²) in [5.41, 5.74) is 7.65. The minimum Gasteiger partial charge on any atom is -0.461 e. The summed E-state index contributed by atoms with van der Waals surface area (Å²) in [6.07, 6.45) is 2.80. The summed E-state index contributed by atoms with van der Waals surface area (Å²) >= 11 is 1.18. The largest absolute Gasteiger partial charge is 0.461 e. The van der Waals surface area contributed by atoms with E-state index in [0.29, 0.717) is 33.5 Å². The molecule has 5 aliphatic heterocycles. The lowest BCUT2D eigenvalue weighted by Gasteiger charge is -2.56. The van der Waals surface area contributed by atoms with Crippen LogP contribution < -0.4 is 15.4 Å². The van der Waals surface area contributed by atoms with E-state index in [2.05, 4.69) is 27.9 Å². The standard InChI is InChI=1S/C30H28F2N6O3S/c1-37-9-14-7-15(10-37)38(14)29-24-19-13-39-12-18(19)23(25-20(31)4-5-21-22(25)17(8-33)28(34)42-21)26(32)27(24)35-30(36-29)41-11-16-3-2-6-40-16/h4-5,14-16H,2-3,6-7,9-13,34H2,1H3/t14?,15?,16-/m1/s1. The van der Waals surface area contributed by atoms with Gasteiger partial charge in [0, 0.05) is 53.0 Å². The molecule has 5 aliphatic rings. The molecule has 0 radical (unpaired) electrons. The van der Waals surface area contributed by atoms with Gasteiger partial charge in [-0.3, -0.25) is 0 Å². The van der Waals surface area contributed by atoms with Gasteiger partial charge in [0.05, 0.1) is 30.3 Å². The first-order valence-corrected chi connectivity index (χ1v) is 15.0. The van der Waals surface area contributed by atoms with Crippen LogP contribution in [0.2, 0.25) is 0 Å². The molecule has 2 unspecified atom stereocenters. The molecule has 0 spiro atoms. The van der Waals surface area contributed by atoms with E-state index in [1.54, 1.807) is 6.07 Å². The second-order valence-corrected chi connectivity index (χ2v) is 12.6. The quantitative estimate of drug-likeness (QED) is 0.353. The molecule has 9 rings (SSSR count). The van der Waals surface area contributed by atoms with Crippen molar-refractivity contribution in [2.24, 2.45) is 0 Å². The minimum absolute atomic E-state index is 0.00239. The number of thiophene rings is 1. The average Bonchev–Trinajstić information content (AvgIpc) is 3.73. The Morgan fingerprint density at radius 2 is 1.95 bits per heavy atom. The Hall–Kier alpha value is -3.63. The number of hydrogen-bond donors (Lipinski definition) is 1. The van der Waals surface area contributed by atoms with Crippen LogP contribution in [0.5, 0.6) is 6.01 Å². The highest BCUT2D eigenvalue weighted by atomic mass is 32.1. The zero-order valence-electron chi connectivity index (χ0n) is 23.0. The van der Waals surface area contributed by atoms with Crippen molar-refractivity contribution in [3.05, 3.63) is 40.5 Å². The van der Waals surface area contributed by atoms with Crippen LogP contribution in [-0.4, -0.2) is 66.4 Å². The van der Waals surface area contributed by atoms with Gasteiger partial charge >= 0.3 is 6.01 Å². The minimum atomic E-state index is -0.692. The van der Waals surface area contributed by atoms with Crippen LogP contribution >= 0.6 is 11.3 Å². The van der Waals surface area contributed by atoms with E-state index in [4.69, 9.17) is 24.9 Å². The Morgan fingerprint density at radius 3 is 2.71 bits per heavy atom. The summed E-state index contributed by atoms with van der Waals surface area (Å²) in [6.45, 7) is 3.00. The number of nitrogen functional groups attached to an aromatic ring is 1. The maximum Gasteiger partial charge on any atom is 0.319 e. The number of fused-ring (bicyclic) bond motifs is 6. The van der Waals surface area contributed by atoms with E-state index in [-0.39, 0.29) is 71.2 Å². The Balaban J connectivity index is 1.38. The van der Waals surface area contributed by atoms with E-state index >= 15 is 8.78 Å². The number of ether oxygens (including phenoxy) is 3. The predicted molar refractivity (Wildman–Crippen MR) is 155 cm³/mol. The fourth-order valence-corrected chi connectivity index (χ4v) is 8.08. The molecular formula is C30H28F2N6O3S. The van der Waals surface area contributed by atoms with Crippen LogP contribution in [0.15, 0.2) is 12.1 Å². The van der Waals surface area contributed by atoms with Gasteiger partial charge in [0.1, 0.15) is 34.8 Å². The summed E-state index contributed by atoms with van der Waals surface area (Å²) in [6, 6.07) is 5.49. The van der Waals surface area contributed by atoms with Gasteiger partial charge in [-0.25, -0.2) is 8.78 Å². The third kappa shape index (κ3) is 3.80. The molecule has 216 valence electrons. The summed E-state index contributed by atoms with van der Waals surface area (Å²) in [7, 11) is 2.10. The first-order chi connectivity index (χ1) is 20.4. The number of nitriles is 1. The molecule has 4 aromatic rings. The number of piperazine rings is 1. The van der Waals surface area contributed by atoms with Gasteiger partial charge in [0.25, 0.3) is 0 Å². The Morgan fingerprint density at radius 1 is 1.14 bits per heavy atom. The molecule has 0 amide bonds. The van der Waals surface area contributed by atoms with E-state index < -0.39 is 11.6 Å². The number of hydrogen-bond acceptors (Lipinski definition) is 10. The number of halogens is 2. The van der Waals surface area contributed by atoms with Crippen LogP contribution in [-0.2, 0) is 22.7 Å². The zero-order chi connectivity index (χ0) is 28.7. The molecule has 0 saturated carbocycles. The van der Waals surface area contributed by atoms with Crippen molar-refractivity contribution in [3.63, 3.8) is 0 Å². The van der Waals surface area contributed by atoms with Crippen molar-refractivity contribution >= 4 is 43.1 Å². The number of benzene rings is 2. The fraction of sp³-hybridized carbons (Fsp3) is 0.433. The van der Waals surface area contributed by atoms with Gasteiger partial charge in [0.15, 0.2) is 5.82 Å². The van der Waals surface area contributed by atoms with Crippen molar-refractivity contribution in [1.29, 1.82) is 5.26 Å². The van der Waals surface area contributed by atoms with E-state index in [9.17, 15) is 5.26 Å². The van der Waals surface area contributed by atoms with E-state index in [0.717, 1.165) is 37.9 Å². The highest BCUT2D eigenvalue weighted by Crippen LogP contribution is 2.49. The van der Waals surface area contributed by atoms with Crippen molar-refractivity contribution in [2.45, 2.75) is 50.7 Å². The van der Waals surface area contributed by atoms with Gasteiger partial charge in [-0.15, -0.1) is 11.3 Å². The molecule has 0 aliphatic carbocycles. The highest BCUT2D eigenvalue weighted by Gasteiger charge is 2.46. The molecule has 2 N–H and O–H groups in total. The van der Waals surface area contributed by atoms with Gasteiger partial charge in [0.2, 0.25) is 0 Å². The molecule has 2 bridgehead atoms. The molecule has 2 aromatic heterocycles. The monoisotopic (exact) mass is 590 g/mol. The van der Waals surface area contributed by atoms with Crippen LogP contribution in [0.3, 0.4) is 0 Å². The lowest BCUT2D eigenvalue weighted by Crippen LogP contribution is -2.68. The molecule has 12 heteroatoms. The Bertz CT molecular complexity index is 1810. The zero-order valence-corrected chi connectivity index (χ0v) is 23.8. The number of aromatic nitrogens is 2. The van der Waals surface area contributed by atoms with Crippen molar-refractivity contribution in [3.8, 4) is 23.2 Å². The summed E-state index contributed by atoms with van der Waals surface area (Å²) < 4.78 is 51.1. The fourth-order valence-electron chi connectivity index (χ4n) is 7.15. The third-order valence-electron chi connectivity index (χ3n) is 8.99. The maximum atomic E-state index is 17.1. The first-order valence-electron chi connectivity index (χ1n) is 14.2. The maximum absolute atomic E-state index is 17.1. The normalized spacial score (nSPS) is 23.4. The van der Waals surface area contributed by atoms with Crippen LogP contribution in [0.1, 0.15) is 36.0 Å². The van der Waals surface area contributed by atoms with Gasteiger partial charge in [-0.2, -0.15) is 15.2 Å². The molecule has 2 aromatic carbocycles. The summed E-state index contributed by atoms with van der Waals surface area (Å²) in [4.78, 5) is 14.0. The van der Waals surface area contributed by atoms with Gasteiger partial charge < -0.3 is 29.7 Å². The Labute approximate surface area is 244 Å². The molecular weight excluding hydrogens is 562 g/mol. The second-order valence-electron chi connectivity index (χ2n) is 11.6. The number of anilines is 2. The molecule has 4 saturated heterocycles. The van der Waals surface area contributed by atoms with Crippen LogP contribution in [0.4, 0.5) is 19.6 Å². The third-order valence-corrected chi connectivity index (χ3v) is 9.98.